The Bertz CT molecular complexity index is 1010. The van der Waals surface area contributed by atoms with Gasteiger partial charge in [-0.1, -0.05) is 35.9 Å². The molecule has 6 heteroatoms. The molecule has 2 amide bonds. The van der Waals surface area contributed by atoms with E-state index < -0.39 is 11.9 Å². The standard InChI is InChI=1S/C21H19N3O3/c1-12-8-10-15(11-9-12)23-20(26)17-18(14(3)25)22-24(19(17)21(23)27)16-7-5-4-6-13(16)2/h4-11,19,22H,1-3H3/t19-/m1/s1. The van der Waals surface area contributed by atoms with Crippen LogP contribution in [-0.2, 0) is 14.4 Å². The second-order valence-corrected chi connectivity index (χ2v) is 6.83. The lowest BCUT2D eigenvalue weighted by Crippen LogP contribution is -2.46. The van der Waals surface area contributed by atoms with E-state index in [1.54, 1.807) is 17.1 Å². The van der Waals surface area contributed by atoms with Crippen molar-refractivity contribution in [2.75, 3.05) is 9.91 Å². The number of aryl methyl sites for hydroxylation is 2. The first-order chi connectivity index (χ1) is 12.9. The average Bonchev–Trinajstić information content (AvgIpc) is 3.14. The van der Waals surface area contributed by atoms with Crippen molar-refractivity contribution in [3.63, 3.8) is 0 Å². The number of carbonyl (C=O) groups is 3. The van der Waals surface area contributed by atoms with Gasteiger partial charge < -0.3 is 0 Å². The molecule has 136 valence electrons. The summed E-state index contributed by atoms with van der Waals surface area (Å²) in [4.78, 5) is 39.6. The number of amides is 2. The minimum Gasteiger partial charge on any atom is -0.293 e. The molecule has 0 bridgehead atoms. The topological polar surface area (TPSA) is 69.7 Å². The number of para-hydroxylation sites is 1. The monoisotopic (exact) mass is 361 g/mol. The van der Waals surface area contributed by atoms with Gasteiger partial charge in [-0.2, -0.15) is 0 Å². The van der Waals surface area contributed by atoms with Crippen molar-refractivity contribution in [3.8, 4) is 0 Å². The number of anilines is 2. The molecule has 2 aliphatic rings. The van der Waals surface area contributed by atoms with Crippen LogP contribution in [0, 0.1) is 13.8 Å². The Morgan fingerprint density at radius 1 is 1.00 bits per heavy atom. The molecule has 0 saturated carbocycles. The predicted octanol–water partition coefficient (Wildman–Crippen LogP) is 2.41. The van der Waals surface area contributed by atoms with Gasteiger partial charge in [0.2, 0.25) is 0 Å². The van der Waals surface area contributed by atoms with Crippen LogP contribution in [0.1, 0.15) is 18.1 Å². The Kier molecular flexibility index (Phi) is 3.84. The van der Waals surface area contributed by atoms with Gasteiger partial charge in [-0.25, -0.2) is 4.90 Å². The van der Waals surface area contributed by atoms with Gasteiger partial charge in [-0.05, 0) is 37.6 Å². The molecule has 4 rings (SSSR count). The number of hydrogen-bond acceptors (Lipinski definition) is 5. The largest absolute Gasteiger partial charge is 0.293 e. The minimum atomic E-state index is -0.862. The summed E-state index contributed by atoms with van der Waals surface area (Å²) in [7, 11) is 0. The predicted molar refractivity (Wildman–Crippen MR) is 102 cm³/mol. The van der Waals surface area contributed by atoms with Crippen molar-refractivity contribution < 1.29 is 14.4 Å². The van der Waals surface area contributed by atoms with Crippen molar-refractivity contribution in [2.45, 2.75) is 26.8 Å². The third kappa shape index (κ3) is 2.52. The van der Waals surface area contributed by atoms with Crippen LogP contribution in [0.4, 0.5) is 11.4 Å². The van der Waals surface area contributed by atoms with Crippen molar-refractivity contribution in [3.05, 3.63) is 70.9 Å². The van der Waals surface area contributed by atoms with E-state index in [1.165, 1.54) is 6.92 Å². The van der Waals surface area contributed by atoms with Crippen LogP contribution in [0.2, 0.25) is 0 Å². The fraction of sp³-hybridized carbons (Fsp3) is 0.190. The SMILES string of the molecule is CC(=O)C1=C2C(=O)N(c3ccc(C)cc3)C(=O)[C@@H]2N(c2ccccc2C)N1. The fourth-order valence-electron chi connectivity index (χ4n) is 3.55. The fourth-order valence-corrected chi connectivity index (χ4v) is 3.55. The number of imide groups is 1. The lowest BCUT2D eigenvalue weighted by atomic mass is 10.1. The number of nitrogens with one attached hydrogen (secondary N) is 1. The molecule has 2 aromatic carbocycles. The van der Waals surface area contributed by atoms with E-state index >= 15 is 0 Å². The summed E-state index contributed by atoms with van der Waals surface area (Å²) in [5.41, 5.74) is 6.59. The summed E-state index contributed by atoms with van der Waals surface area (Å²) in [6, 6.07) is 13.8. The van der Waals surface area contributed by atoms with Crippen LogP contribution in [0.25, 0.3) is 0 Å². The normalized spacial score (nSPS) is 18.9. The first-order valence-electron chi connectivity index (χ1n) is 8.71. The lowest BCUT2D eigenvalue weighted by molar-refractivity contribution is -0.121. The number of nitrogens with zero attached hydrogens (tertiary/aromatic N) is 2. The highest BCUT2D eigenvalue weighted by Gasteiger charge is 2.53. The van der Waals surface area contributed by atoms with Crippen LogP contribution in [0.15, 0.2) is 59.8 Å². The molecule has 0 spiro atoms. The minimum absolute atomic E-state index is 0.177. The maximum absolute atomic E-state index is 13.2. The second kappa shape index (κ2) is 6.09. The lowest BCUT2D eigenvalue weighted by Gasteiger charge is -2.27. The van der Waals surface area contributed by atoms with E-state index in [0.717, 1.165) is 21.7 Å². The number of carbonyl (C=O) groups excluding carboxylic acids is 3. The van der Waals surface area contributed by atoms with Crippen molar-refractivity contribution >= 4 is 29.0 Å². The molecule has 2 heterocycles. The van der Waals surface area contributed by atoms with Crippen LogP contribution >= 0.6 is 0 Å². The van der Waals surface area contributed by atoms with Gasteiger partial charge >= 0.3 is 0 Å². The number of fused-ring (bicyclic) bond motifs is 1. The van der Waals surface area contributed by atoms with Crippen molar-refractivity contribution in [2.24, 2.45) is 0 Å². The van der Waals surface area contributed by atoms with Crippen molar-refractivity contribution in [1.29, 1.82) is 0 Å². The Labute approximate surface area is 157 Å². The van der Waals surface area contributed by atoms with Crippen LogP contribution in [0.3, 0.4) is 0 Å². The van der Waals surface area contributed by atoms with Gasteiger partial charge in [0.1, 0.15) is 5.70 Å². The number of allylic oxidation sites excluding steroid dienone is 1. The Morgan fingerprint density at radius 3 is 2.30 bits per heavy atom. The van der Waals surface area contributed by atoms with E-state index in [2.05, 4.69) is 5.43 Å². The van der Waals surface area contributed by atoms with E-state index in [4.69, 9.17) is 0 Å². The summed E-state index contributed by atoms with van der Waals surface area (Å²) in [6.07, 6.45) is 0. The highest BCUT2D eigenvalue weighted by Crippen LogP contribution is 2.37. The zero-order valence-electron chi connectivity index (χ0n) is 15.3. The highest BCUT2D eigenvalue weighted by molar-refractivity contribution is 6.34. The highest BCUT2D eigenvalue weighted by atomic mass is 16.2. The molecule has 1 atom stereocenters. The second-order valence-electron chi connectivity index (χ2n) is 6.83. The number of hydrazine groups is 1. The van der Waals surface area contributed by atoms with Crippen molar-refractivity contribution in [1.82, 2.24) is 5.43 Å². The Balaban J connectivity index is 1.84. The zero-order chi connectivity index (χ0) is 19.3. The number of hydrogen-bond donors (Lipinski definition) is 1. The molecule has 0 aromatic heterocycles. The van der Waals surface area contributed by atoms with Gasteiger partial charge in [-0.15, -0.1) is 0 Å². The van der Waals surface area contributed by atoms with Crippen LogP contribution < -0.4 is 15.3 Å². The molecule has 2 aliphatic heterocycles. The zero-order valence-corrected chi connectivity index (χ0v) is 15.3. The van der Waals surface area contributed by atoms with Gasteiger partial charge in [0.05, 0.1) is 16.9 Å². The summed E-state index contributed by atoms with van der Waals surface area (Å²) in [5, 5.41) is 1.62. The van der Waals surface area contributed by atoms with Gasteiger partial charge in [0, 0.05) is 6.92 Å². The maximum atomic E-state index is 13.2. The molecule has 1 N–H and O–H groups in total. The molecular weight excluding hydrogens is 342 g/mol. The Morgan fingerprint density at radius 2 is 1.67 bits per heavy atom. The smallest absolute Gasteiger partial charge is 0.266 e. The van der Waals surface area contributed by atoms with Crippen LogP contribution in [-0.4, -0.2) is 23.6 Å². The van der Waals surface area contributed by atoms with Gasteiger partial charge in [0.25, 0.3) is 11.8 Å². The molecule has 2 aromatic rings. The molecule has 1 saturated heterocycles. The molecule has 0 aliphatic carbocycles. The third-order valence-corrected chi connectivity index (χ3v) is 4.94. The quantitative estimate of drug-likeness (QED) is 0.851. The van der Waals surface area contributed by atoms with E-state index in [-0.39, 0.29) is 23.0 Å². The summed E-state index contributed by atoms with van der Waals surface area (Å²) in [6.45, 7) is 5.24. The first kappa shape index (κ1) is 17.0. The third-order valence-electron chi connectivity index (χ3n) is 4.94. The molecular formula is C21H19N3O3. The molecule has 27 heavy (non-hydrogen) atoms. The average molecular weight is 361 g/mol. The first-order valence-corrected chi connectivity index (χ1v) is 8.71. The number of benzene rings is 2. The van der Waals surface area contributed by atoms with E-state index in [1.807, 2.05) is 50.2 Å². The summed E-state index contributed by atoms with van der Waals surface area (Å²) >= 11 is 0. The summed E-state index contributed by atoms with van der Waals surface area (Å²) < 4.78 is 0. The van der Waals surface area contributed by atoms with E-state index in [9.17, 15) is 14.4 Å². The molecule has 6 nitrogen and oxygen atoms in total. The molecule has 1 fully saturated rings. The van der Waals surface area contributed by atoms with E-state index in [0.29, 0.717) is 5.69 Å². The maximum Gasteiger partial charge on any atom is 0.266 e. The van der Waals surface area contributed by atoms with Gasteiger partial charge in [0.15, 0.2) is 11.8 Å². The molecule has 0 radical (unpaired) electrons. The molecule has 0 unspecified atom stereocenters. The van der Waals surface area contributed by atoms with Gasteiger partial charge in [-0.3, -0.25) is 24.8 Å². The Hall–Kier alpha value is -3.41. The number of rotatable bonds is 3. The van der Waals surface area contributed by atoms with Crippen LogP contribution in [0.5, 0.6) is 0 Å². The number of ketones is 1. The summed E-state index contributed by atoms with van der Waals surface area (Å²) in [5.74, 6) is -1.11. The number of Topliss-reactive ketones (excluding diaryl/α,β-unsaturated/α-hetero) is 1.